The van der Waals surface area contributed by atoms with Crippen molar-refractivity contribution in [3.05, 3.63) is 23.8 Å². The molecule has 1 rings (SSSR count). The first-order chi connectivity index (χ1) is 9.53. The Bertz CT molecular complexity index is 458. The average Bonchev–Trinajstić information content (AvgIpc) is 2.33. The van der Waals surface area contributed by atoms with E-state index in [2.05, 4.69) is 41.9 Å². The standard InChI is InChI=1S/C17H30NO3/c1-17(2,3)15-10-14(20-7)8-9-16(15)21-12-13(19)11-18(4,5)6/h8-10,13,19H,11-12H2,1-7H3/q+1. The highest BCUT2D eigenvalue weighted by atomic mass is 16.5. The van der Waals surface area contributed by atoms with Crippen molar-refractivity contribution in [2.75, 3.05) is 41.4 Å². The molecular weight excluding hydrogens is 266 g/mol. The summed E-state index contributed by atoms with van der Waals surface area (Å²) in [5.41, 5.74) is 1.04. The number of hydrogen-bond donors (Lipinski definition) is 1. The molecule has 1 N–H and O–H groups in total. The molecule has 0 bridgehead atoms. The molecule has 0 aliphatic heterocycles. The third kappa shape index (κ3) is 5.94. The van der Waals surface area contributed by atoms with Crippen molar-refractivity contribution in [2.45, 2.75) is 32.3 Å². The fourth-order valence-electron chi connectivity index (χ4n) is 2.22. The van der Waals surface area contributed by atoms with Gasteiger partial charge in [0.1, 0.15) is 30.8 Å². The van der Waals surface area contributed by atoms with Crippen molar-refractivity contribution >= 4 is 0 Å². The summed E-state index contributed by atoms with van der Waals surface area (Å²) in [6, 6.07) is 5.80. The van der Waals surface area contributed by atoms with Crippen molar-refractivity contribution in [2.24, 2.45) is 0 Å². The zero-order valence-corrected chi connectivity index (χ0v) is 14.4. The summed E-state index contributed by atoms with van der Waals surface area (Å²) in [6.45, 7) is 7.36. The van der Waals surface area contributed by atoms with Gasteiger partial charge in [-0.05, 0) is 23.6 Å². The van der Waals surface area contributed by atoms with Crippen LogP contribution in [0.15, 0.2) is 18.2 Å². The van der Waals surface area contributed by atoms with E-state index in [0.717, 1.165) is 17.1 Å². The zero-order valence-electron chi connectivity index (χ0n) is 14.4. The second-order valence-electron chi connectivity index (χ2n) is 7.55. The molecule has 1 unspecified atom stereocenters. The number of ether oxygens (including phenoxy) is 2. The number of likely N-dealkylation sites (N-methyl/N-ethyl adjacent to an activating group) is 1. The van der Waals surface area contributed by atoms with Crippen LogP contribution in [0.5, 0.6) is 11.5 Å². The van der Waals surface area contributed by atoms with E-state index in [1.807, 2.05) is 18.2 Å². The van der Waals surface area contributed by atoms with Gasteiger partial charge in [-0.2, -0.15) is 0 Å². The Balaban J connectivity index is 2.84. The van der Waals surface area contributed by atoms with Gasteiger partial charge in [-0.15, -0.1) is 0 Å². The van der Waals surface area contributed by atoms with E-state index in [1.165, 1.54) is 0 Å². The lowest BCUT2D eigenvalue weighted by Crippen LogP contribution is -2.43. The third-order valence-electron chi connectivity index (χ3n) is 3.18. The Kier molecular flexibility index (Phi) is 5.65. The van der Waals surface area contributed by atoms with Gasteiger partial charge in [0.05, 0.1) is 28.3 Å². The first-order valence-electron chi connectivity index (χ1n) is 7.33. The number of rotatable bonds is 6. The fraction of sp³-hybridized carbons (Fsp3) is 0.647. The Morgan fingerprint density at radius 1 is 1.19 bits per heavy atom. The van der Waals surface area contributed by atoms with Gasteiger partial charge in [-0.1, -0.05) is 20.8 Å². The maximum atomic E-state index is 10.1. The van der Waals surface area contributed by atoms with E-state index >= 15 is 0 Å². The second kappa shape index (κ2) is 6.67. The molecule has 0 radical (unpaired) electrons. The van der Waals surface area contributed by atoms with Gasteiger partial charge in [0, 0.05) is 5.56 Å². The molecule has 1 aromatic carbocycles. The maximum Gasteiger partial charge on any atom is 0.137 e. The van der Waals surface area contributed by atoms with Crippen molar-refractivity contribution < 1.29 is 19.1 Å². The average molecular weight is 296 g/mol. The van der Waals surface area contributed by atoms with E-state index in [4.69, 9.17) is 9.47 Å². The molecule has 0 fully saturated rings. The summed E-state index contributed by atoms with van der Waals surface area (Å²) in [7, 11) is 7.82. The highest BCUT2D eigenvalue weighted by Crippen LogP contribution is 2.34. The summed E-state index contributed by atoms with van der Waals surface area (Å²) < 4.78 is 11.9. The van der Waals surface area contributed by atoms with Gasteiger partial charge < -0.3 is 19.1 Å². The second-order valence-corrected chi connectivity index (χ2v) is 7.55. The van der Waals surface area contributed by atoms with Crippen LogP contribution in [0.25, 0.3) is 0 Å². The van der Waals surface area contributed by atoms with Gasteiger partial charge in [0.25, 0.3) is 0 Å². The summed E-state index contributed by atoms with van der Waals surface area (Å²) in [4.78, 5) is 0. The van der Waals surface area contributed by atoms with Crippen LogP contribution < -0.4 is 9.47 Å². The topological polar surface area (TPSA) is 38.7 Å². The van der Waals surface area contributed by atoms with E-state index in [1.54, 1.807) is 7.11 Å². The predicted octanol–water partition coefficient (Wildman–Crippen LogP) is 2.44. The molecule has 0 aliphatic rings. The Morgan fingerprint density at radius 2 is 1.81 bits per heavy atom. The van der Waals surface area contributed by atoms with Crippen molar-refractivity contribution in [1.82, 2.24) is 0 Å². The van der Waals surface area contributed by atoms with Gasteiger partial charge in [-0.3, -0.25) is 0 Å². The fourth-order valence-corrected chi connectivity index (χ4v) is 2.22. The van der Waals surface area contributed by atoms with Crippen LogP contribution in [0, 0.1) is 0 Å². The third-order valence-corrected chi connectivity index (χ3v) is 3.18. The normalized spacial score (nSPS) is 13.9. The minimum absolute atomic E-state index is 0.0467. The van der Waals surface area contributed by atoms with Crippen LogP contribution in [-0.2, 0) is 5.41 Å². The van der Waals surface area contributed by atoms with Crippen LogP contribution in [0.2, 0.25) is 0 Å². The SMILES string of the molecule is COc1ccc(OCC(O)C[N+](C)(C)C)c(C(C)(C)C)c1. The molecule has 0 spiro atoms. The molecule has 4 heteroatoms. The van der Waals surface area contributed by atoms with Gasteiger partial charge in [-0.25, -0.2) is 0 Å². The largest absolute Gasteiger partial charge is 0.497 e. The van der Waals surface area contributed by atoms with Crippen LogP contribution >= 0.6 is 0 Å². The first kappa shape index (κ1) is 17.8. The number of methoxy groups -OCH3 is 1. The van der Waals surface area contributed by atoms with Gasteiger partial charge in [0.15, 0.2) is 0 Å². The summed E-state index contributed by atoms with van der Waals surface area (Å²) >= 11 is 0. The van der Waals surface area contributed by atoms with Crippen LogP contribution in [0.4, 0.5) is 0 Å². The lowest BCUT2D eigenvalue weighted by atomic mass is 9.86. The highest BCUT2D eigenvalue weighted by Gasteiger charge is 2.22. The van der Waals surface area contributed by atoms with E-state index in [0.29, 0.717) is 17.6 Å². The highest BCUT2D eigenvalue weighted by molar-refractivity contribution is 5.44. The predicted molar refractivity (Wildman–Crippen MR) is 86.1 cm³/mol. The van der Waals surface area contributed by atoms with Crippen molar-refractivity contribution in [3.63, 3.8) is 0 Å². The van der Waals surface area contributed by atoms with Crippen molar-refractivity contribution in [1.29, 1.82) is 0 Å². The molecular formula is C17H30NO3+. The van der Waals surface area contributed by atoms with Gasteiger partial charge in [0.2, 0.25) is 0 Å². The molecule has 120 valence electrons. The summed E-state index contributed by atoms with van der Waals surface area (Å²) in [5.74, 6) is 1.63. The minimum atomic E-state index is -0.486. The lowest BCUT2D eigenvalue weighted by molar-refractivity contribution is -0.873. The van der Waals surface area contributed by atoms with Crippen LogP contribution in [0.3, 0.4) is 0 Å². The Hall–Kier alpha value is -1.26. The molecule has 21 heavy (non-hydrogen) atoms. The number of nitrogens with zero attached hydrogens (tertiary/aromatic N) is 1. The molecule has 0 amide bonds. The molecule has 0 saturated heterocycles. The molecule has 0 saturated carbocycles. The summed E-state index contributed by atoms with van der Waals surface area (Å²) in [6.07, 6.45) is -0.486. The van der Waals surface area contributed by atoms with Crippen molar-refractivity contribution in [3.8, 4) is 11.5 Å². The summed E-state index contributed by atoms with van der Waals surface area (Å²) in [5, 5.41) is 10.1. The molecule has 0 aromatic heterocycles. The number of aliphatic hydroxyl groups excluding tert-OH is 1. The Morgan fingerprint density at radius 3 is 2.29 bits per heavy atom. The lowest BCUT2D eigenvalue weighted by Gasteiger charge is -2.28. The molecule has 0 aliphatic carbocycles. The van der Waals surface area contributed by atoms with Crippen LogP contribution in [0.1, 0.15) is 26.3 Å². The van der Waals surface area contributed by atoms with E-state index < -0.39 is 6.10 Å². The molecule has 1 atom stereocenters. The maximum absolute atomic E-state index is 10.1. The number of quaternary nitrogens is 1. The quantitative estimate of drug-likeness (QED) is 0.820. The smallest absolute Gasteiger partial charge is 0.137 e. The number of hydrogen-bond acceptors (Lipinski definition) is 3. The molecule has 0 heterocycles. The molecule has 4 nitrogen and oxygen atoms in total. The zero-order chi connectivity index (χ0) is 16.3. The van der Waals surface area contributed by atoms with Crippen LogP contribution in [-0.4, -0.2) is 57.1 Å². The van der Waals surface area contributed by atoms with E-state index in [9.17, 15) is 5.11 Å². The minimum Gasteiger partial charge on any atom is -0.497 e. The van der Waals surface area contributed by atoms with E-state index in [-0.39, 0.29) is 5.41 Å². The number of benzene rings is 1. The number of aliphatic hydroxyl groups is 1. The molecule has 1 aromatic rings. The van der Waals surface area contributed by atoms with Gasteiger partial charge >= 0.3 is 0 Å². The monoisotopic (exact) mass is 296 g/mol. The Labute approximate surface area is 128 Å². The first-order valence-corrected chi connectivity index (χ1v) is 7.33.